The first kappa shape index (κ1) is 18.2. The van der Waals surface area contributed by atoms with Crippen LogP contribution in [0.25, 0.3) is 10.9 Å². The van der Waals surface area contributed by atoms with Gasteiger partial charge in [0.05, 0.1) is 12.1 Å². The summed E-state index contributed by atoms with van der Waals surface area (Å²) in [5, 5.41) is 3.71. The number of benzene rings is 1. The number of methoxy groups -OCH3 is 1. The summed E-state index contributed by atoms with van der Waals surface area (Å²) in [6.07, 6.45) is 6.01. The number of piperidine rings is 1. The number of nitrogens with one attached hydrogen (secondary N) is 1. The Bertz CT molecular complexity index is 893. The van der Waals surface area contributed by atoms with Crippen LogP contribution in [0.2, 0.25) is 0 Å². The lowest BCUT2D eigenvalue weighted by molar-refractivity contribution is 0.0880. The van der Waals surface area contributed by atoms with Crippen molar-refractivity contribution in [1.82, 2.24) is 14.8 Å². The van der Waals surface area contributed by atoms with Crippen molar-refractivity contribution in [2.45, 2.75) is 50.4 Å². The van der Waals surface area contributed by atoms with Crippen LogP contribution in [0.4, 0.5) is 0 Å². The van der Waals surface area contributed by atoms with Gasteiger partial charge in [-0.2, -0.15) is 0 Å². The van der Waals surface area contributed by atoms with Crippen LogP contribution in [0.1, 0.15) is 36.0 Å². The molecule has 2 bridgehead atoms. The van der Waals surface area contributed by atoms with Crippen molar-refractivity contribution in [3.05, 3.63) is 46.2 Å². The maximum atomic E-state index is 12.9. The Morgan fingerprint density at radius 3 is 2.63 bits per heavy atom. The predicted octanol–water partition coefficient (Wildman–Crippen LogP) is 2.00. The van der Waals surface area contributed by atoms with Gasteiger partial charge in [0.1, 0.15) is 5.56 Å². The molecular formula is C21H27N3O3. The minimum atomic E-state index is -0.258. The van der Waals surface area contributed by atoms with E-state index in [4.69, 9.17) is 4.74 Å². The number of fused-ring (bicyclic) bond motifs is 3. The molecule has 2 unspecified atom stereocenters. The van der Waals surface area contributed by atoms with Crippen molar-refractivity contribution in [2.24, 2.45) is 0 Å². The molecule has 2 aliphatic rings. The number of hydrogen-bond acceptors (Lipinski definition) is 4. The fraction of sp³-hybridized carbons (Fsp3) is 0.524. The molecule has 4 rings (SSSR count). The van der Waals surface area contributed by atoms with Crippen LogP contribution in [0.15, 0.2) is 35.3 Å². The van der Waals surface area contributed by atoms with Crippen LogP contribution in [0.3, 0.4) is 0 Å². The molecule has 1 aromatic heterocycles. The summed E-state index contributed by atoms with van der Waals surface area (Å²) in [6.45, 7) is 1.11. The van der Waals surface area contributed by atoms with E-state index in [1.54, 1.807) is 19.4 Å². The van der Waals surface area contributed by atoms with Crippen LogP contribution in [0, 0.1) is 0 Å². The minimum Gasteiger partial charge on any atom is -0.383 e. The number of carbonyl (C=O) groups excluding carboxylic acids is 1. The van der Waals surface area contributed by atoms with Crippen molar-refractivity contribution >= 4 is 16.8 Å². The second-order valence-electron chi connectivity index (χ2n) is 7.77. The van der Waals surface area contributed by atoms with E-state index in [0.29, 0.717) is 30.6 Å². The Morgan fingerprint density at radius 1 is 1.22 bits per heavy atom. The summed E-state index contributed by atoms with van der Waals surface area (Å²) in [7, 11) is 3.82. The molecule has 27 heavy (non-hydrogen) atoms. The van der Waals surface area contributed by atoms with Gasteiger partial charge in [-0.3, -0.25) is 9.59 Å². The zero-order valence-corrected chi connectivity index (χ0v) is 16.0. The molecule has 6 heteroatoms. The fourth-order valence-electron chi connectivity index (χ4n) is 4.67. The Kier molecular flexibility index (Phi) is 5.02. The zero-order chi connectivity index (χ0) is 19.0. The van der Waals surface area contributed by atoms with Crippen molar-refractivity contribution in [2.75, 3.05) is 20.8 Å². The van der Waals surface area contributed by atoms with Gasteiger partial charge in [0.25, 0.3) is 5.91 Å². The molecule has 2 saturated heterocycles. The maximum absolute atomic E-state index is 12.9. The van der Waals surface area contributed by atoms with Crippen LogP contribution in [-0.4, -0.2) is 54.3 Å². The van der Waals surface area contributed by atoms with Crippen LogP contribution < -0.4 is 10.7 Å². The third-order valence-corrected chi connectivity index (χ3v) is 6.20. The van der Waals surface area contributed by atoms with Gasteiger partial charge < -0.3 is 19.5 Å². The predicted molar refractivity (Wildman–Crippen MR) is 105 cm³/mol. The average Bonchev–Trinajstić information content (AvgIpc) is 2.88. The van der Waals surface area contributed by atoms with Gasteiger partial charge in [0.15, 0.2) is 0 Å². The lowest BCUT2D eigenvalue weighted by Gasteiger charge is -2.36. The zero-order valence-electron chi connectivity index (χ0n) is 16.0. The molecule has 6 nitrogen and oxygen atoms in total. The summed E-state index contributed by atoms with van der Waals surface area (Å²) < 4.78 is 7.12. The van der Waals surface area contributed by atoms with Gasteiger partial charge in [0.2, 0.25) is 5.43 Å². The molecule has 0 aliphatic carbocycles. The van der Waals surface area contributed by atoms with Crippen LogP contribution >= 0.6 is 0 Å². The second-order valence-corrected chi connectivity index (χ2v) is 7.77. The highest BCUT2D eigenvalue weighted by Crippen LogP contribution is 2.34. The van der Waals surface area contributed by atoms with E-state index in [-0.39, 0.29) is 22.9 Å². The number of hydrogen-bond donors (Lipinski definition) is 1. The number of para-hydroxylation sites is 1. The van der Waals surface area contributed by atoms with E-state index in [9.17, 15) is 9.59 Å². The molecule has 2 aliphatic heterocycles. The molecule has 144 valence electrons. The van der Waals surface area contributed by atoms with Crippen molar-refractivity contribution in [3.63, 3.8) is 0 Å². The third kappa shape index (κ3) is 3.39. The van der Waals surface area contributed by atoms with Crippen LogP contribution in [0.5, 0.6) is 0 Å². The number of rotatable bonds is 5. The highest BCUT2D eigenvalue weighted by molar-refractivity contribution is 5.97. The van der Waals surface area contributed by atoms with Gasteiger partial charge in [-0.1, -0.05) is 12.1 Å². The smallest absolute Gasteiger partial charge is 0.256 e. The largest absolute Gasteiger partial charge is 0.383 e. The monoisotopic (exact) mass is 369 g/mol. The fourth-order valence-corrected chi connectivity index (χ4v) is 4.67. The van der Waals surface area contributed by atoms with Crippen LogP contribution in [-0.2, 0) is 11.3 Å². The third-order valence-electron chi connectivity index (χ3n) is 6.20. The topological polar surface area (TPSA) is 63.6 Å². The molecule has 0 radical (unpaired) electrons. The van der Waals surface area contributed by atoms with Crippen molar-refractivity contribution in [1.29, 1.82) is 0 Å². The molecular weight excluding hydrogens is 342 g/mol. The van der Waals surface area contributed by atoms with E-state index >= 15 is 0 Å². The van der Waals surface area contributed by atoms with Gasteiger partial charge in [-0.25, -0.2) is 0 Å². The summed E-state index contributed by atoms with van der Waals surface area (Å²) in [5.41, 5.74) is 0.845. The molecule has 1 aromatic carbocycles. The lowest BCUT2D eigenvalue weighted by Crippen LogP contribution is -2.49. The highest BCUT2D eigenvalue weighted by atomic mass is 16.5. The molecule has 0 spiro atoms. The molecule has 2 aromatic rings. The SMILES string of the molecule is COCCn1cc(C(=O)NC2CC3CCC(C2)N3C)c(=O)c2ccccc21. The number of ether oxygens (including phenoxy) is 1. The van der Waals surface area contributed by atoms with E-state index in [2.05, 4.69) is 17.3 Å². The highest BCUT2D eigenvalue weighted by Gasteiger charge is 2.39. The van der Waals surface area contributed by atoms with E-state index in [1.807, 2.05) is 22.8 Å². The van der Waals surface area contributed by atoms with E-state index in [0.717, 1.165) is 18.4 Å². The summed E-state index contributed by atoms with van der Waals surface area (Å²) >= 11 is 0. The first-order chi connectivity index (χ1) is 13.1. The Morgan fingerprint density at radius 2 is 1.93 bits per heavy atom. The molecule has 2 atom stereocenters. The quantitative estimate of drug-likeness (QED) is 0.876. The number of aromatic nitrogens is 1. The van der Waals surface area contributed by atoms with Gasteiger partial charge in [-0.05, 0) is 44.9 Å². The minimum absolute atomic E-state index is 0.143. The summed E-state index contributed by atoms with van der Waals surface area (Å²) in [4.78, 5) is 28.3. The van der Waals surface area contributed by atoms with E-state index in [1.165, 1.54) is 12.8 Å². The normalized spacial score (nSPS) is 25.0. The Balaban J connectivity index is 1.61. The molecule has 3 heterocycles. The maximum Gasteiger partial charge on any atom is 0.256 e. The van der Waals surface area contributed by atoms with E-state index < -0.39 is 0 Å². The van der Waals surface area contributed by atoms with Crippen molar-refractivity contribution in [3.8, 4) is 0 Å². The first-order valence-electron chi connectivity index (χ1n) is 9.72. The van der Waals surface area contributed by atoms with Gasteiger partial charge in [0, 0.05) is 43.4 Å². The second kappa shape index (κ2) is 7.44. The number of amides is 1. The Labute approximate surface area is 159 Å². The molecule has 1 amide bonds. The number of carbonyl (C=O) groups is 1. The number of nitrogens with zero attached hydrogens (tertiary/aromatic N) is 2. The first-order valence-corrected chi connectivity index (χ1v) is 9.72. The van der Waals surface area contributed by atoms with Gasteiger partial charge in [-0.15, -0.1) is 0 Å². The average molecular weight is 369 g/mol. The Hall–Kier alpha value is -2.18. The summed E-state index contributed by atoms with van der Waals surface area (Å²) in [6, 6.07) is 8.66. The van der Waals surface area contributed by atoms with Crippen molar-refractivity contribution < 1.29 is 9.53 Å². The molecule has 0 saturated carbocycles. The molecule has 1 N–H and O–H groups in total. The summed E-state index contributed by atoms with van der Waals surface area (Å²) in [5.74, 6) is -0.258. The standard InChI is InChI=1S/C21H27N3O3/c1-23-15-7-8-16(23)12-14(11-15)22-21(26)18-13-24(9-10-27-2)19-6-4-3-5-17(19)20(18)25/h3-6,13-16H,7-12H2,1-2H3,(H,22,26). The molecule has 2 fully saturated rings. The number of pyridine rings is 1. The lowest BCUT2D eigenvalue weighted by atomic mass is 9.97. The van der Waals surface area contributed by atoms with Gasteiger partial charge >= 0.3 is 0 Å².